The monoisotopic (exact) mass is 431 g/mol. The fourth-order valence-corrected chi connectivity index (χ4v) is 4.25. The van der Waals surface area contributed by atoms with Gasteiger partial charge in [-0.1, -0.05) is 53.3 Å². The van der Waals surface area contributed by atoms with Crippen LogP contribution in [0.3, 0.4) is 0 Å². The van der Waals surface area contributed by atoms with Crippen LogP contribution in [0.25, 0.3) is 17.0 Å². The van der Waals surface area contributed by atoms with E-state index in [-0.39, 0.29) is 5.91 Å². The Balaban J connectivity index is 1.40. The zero-order chi connectivity index (χ0) is 21.2. The number of carbonyl (C=O) groups is 1. The van der Waals surface area contributed by atoms with Gasteiger partial charge in [0.15, 0.2) is 10.9 Å². The van der Waals surface area contributed by atoms with Crippen molar-refractivity contribution in [3.8, 4) is 17.0 Å². The maximum Gasteiger partial charge on any atom is 0.221 e. The van der Waals surface area contributed by atoms with E-state index in [2.05, 4.69) is 25.2 Å². The topological polar surface area (TPSA) is 85.8 Å². The number of hydrogen-bond acceptors (Lipinski definition) is 6. The van der Waals surface area contributed by atoms with Gasteiger partial charge in [0.2, 0.25) is 5.91 Å². The fraction of sp³-hybridized carbons (Fsp3) is 0.217. The van der Waals surface area contributed by atoms with E-state index in [4.69, 9.17) is 4.52 Å². The van der Waals surface area contributed by atoms with E-state index in [9.17, 15) is 4.79 Å². The van der Waals surface area contributed by atoms with Crippen molar-refractivity contribution in [2.75, 3.05) is 5.32 Å². The number of thioether (sulfide) groups is 1. The van der Waals surface area contributed by atoms with Gasteiger partial charge in [0.25, 0.3) is 0 Å². The lowest BCUT2D eigenvalue weighted by atomic mass is 10.2. The summed E-state index contributed by atoms with van der Waals surface area (Å²) in [4.78, 5) is 11.5. The number of nitrogens with one attached hydrogen (secondary N) is 1. The van der Waals surface area contributed by atoms with Crippen LogP contribution < -0.4 is 5.32 Å². The van der Waals surface area contributed by atoms with Crippen molar-refractivity contribution in [2.45, 2.75) is 36.6 Å². The van der Waals surface area contributed by atoms with Crippen LogP contribution in [-0.2, 0) is 10.5 Å². The molecule has 1 N–H and O–H groups in total. The molecule has 2 heterocycles. The normalized spacial score (nSPS) is 13.3. The van der Waals surface area contributed by atoms with Gasteiger partial charge in [0, 0.05) is 35.9 Å². The summed E-state index contributed by atoms with van der Waals surface area (Å²) in [6, 6.07) is 19.6. The first-order valence-electron chi connectivity index (χ1n) is 10.1. The smallest absolute Gasteiger partial charge is 0.221 e. The molecule has 7 nitrogen and oxygen atoms in total. The first-order valence-corrected chi connectivity index (χ1v) is 11.1. The van der Waals surface area contributed by atoms with Crippen molar-refractivity contribution < 1.29 is 9.32 Å². The molecule has 0 unspecified atom stereocenters. The van der Waals surface area contributed by atoms with Gasteiger partial charge in [0.05, 0.1) is 11.4 Å². The Labute approximate surface area is 183 Å². The van der Waals surface area contributed by atoms with E-state index in [1.54, 1.807) is 11.8 Å². The molecule has 156 valence electrons. The van der Waals surface area contributed by atoms with Crippen molar-refractivity contribution in [3.05, 3.63) is 72.2 Å². The van der Waals surface area contributed by atoms with Crippen LogP contribution in [0.4, 0.5) is 5.69 Å². The number of amides is 1. The Morgan fingerprint density at radius 2 is 1.97 bits per heavy atom. The average Bonchev–Trinajstić information content (AvgIpc) is 3.35. The highest BCUT2D eigenvalue weighted by atomic mass is 32.2. The number of nitrogens with zero attached hydrogens (tertiary/aromatic N) is 4. The van der Waals surface area contributed by atoms with Crippen LogP contribution in [0.2, 0.25) is 0 Å². The highest BCUT2D eigenvalue weighted by molar-refractivity contribution is 7.98. The minimum Gasteiger partial charge on any atom is -0.356 e. The molecule has 0 bridgehead atoms. The Kier molecular flexibility index (Phi) is 5.30. The van der Waals surface area contributed by atoms with Gasteiger partial charge >= 0.3 is 0 Å². The maximum absolute atomic E-state index is 11.5. The summed E-state index contributed by atoms with van der Waals surface area (Å²) in [5.74, 6) is 2.66. The molecule has 5 rings (SSSR count). The standard InChI is InChI=1S/C23H21N5O2S/c1-15(29)24-18-8-5-9-20(12-18)28-22(17-10-11-17)25-26-23(28)31-14-19-13-21(30-27-19)16-6-3-2-4-7-16/h2-9,12-13,17H,10-11,14H2,1H3,(H,24,29). The fourth-order valence-electron chi connectivity index (χ4n) is 3.41. The Morgan fingerprint density at radius 3 is 2.74 bits per heavy atom. The molecular formula is C23H21N5O2S. The van der Waals surface area contributed by atoms with Crippen molar-refractivity contribution in [3.63, 3.8) is 0 Å². The lowest BCUT2D eigenvalue weighted by Crippen LogP contribution is -2.07. The molecule has 0 spiro atoms. The van der Waals surface area contributed by atoms with Crippen molar-refractivity contribution >= 4 is 23.4 Å². The van der Waals surface area contributed by atoms with Gasteiger partial charge in [-0.3, -0.25) is 9.36 Å². The molecule has 1 aliphatic rings. The van der Waals surface area contributed by atoms with Crippen LogP contribution in [0.5, 0.6) is 0 Å². The number of aromatic nitrogens is 4. The van der Waals surface area contributed by atoms with Gasteiger partial charge < -0.3 is 9.84 Å². The number of carbonyl (C=O) groups excluding carboxylic acids is 1. The molecule has 1 aliphatic carbocycles. The van der Waals surface area contributed by atoms with E-state index < -0.39 is 0 Å². The van der Waals surface area contributed by atoms with Crippen molar-refractivity contribution in [1.82, 2.24) is 19.9 Å². The summed E-state index contributed by atoms with van der Waals surface area (Å²) >= 11 is 1.57. The first kappa shape index (κ1) is 19.6. The minimum absolute atomic E-state index is 0.0989. The Hall–Kier alpha value is -3.39. The van der Waals surface area contributed by atoms with E-state index in [1.807, 2.05) is 60.7 Å². The molecule has 1 saturated carbocycles. The molecule has 0 atom stereocenters. The third kappa shape index (κ3) is 4.39. The molecule has 2 aromatic carbocycles. The number of benzene rings is 2. The second kappa shape index (κ2) is 8.39. The molecule has 31 heavy (non-hydrogen) atoms. The molecule has 1 fully saturated rings. The first-order chi connectivity index (χ1) is 15.2. The summed E-state index contributed by atoms with van der Waals surface area (Å²) in [6.07, 6.45) is 2.25. The van der Waals surface area contributed by atoms with Gasteiger partial charge in [0.1, 0.15) is 5.82 Å². The Morgan fingerprint density at radius 1 is 1.13 bits per heavy atom. The predicted octanol–water partition coefficient (Wildman–Crippen LogP) is 5.05. The quantitative estimate of drug-likeness (QED) is 0.412. The van der Waals surface area contributed by atoms with E-state index >= 15 is 0 Å². The largest absolute Gasteiger partial charge is 0.356 e. The minimum atomic E-state index is -0.0989. The zero-order valence-electron chi connectivity index (χ0n) is 17.0. The van der Waals surface area contributed by atoms with Crippen molar-refractivity contribution in [1.29, 1.82) is 0 Å². The highest BCUT2D eigenvalue weighted by Gasteiger charge is 2.31. The third-order valence-electron chi connectivity index (χ3n) is 4.99. The molecule has 8 heteroatoms. The van der Waals surface area contributed by atoms with Crippen molar-refractivity contribution in [2.24, 2.45) is 0 Å². The molecule has 1 amide bonds. The van der Waals surface area contributed by atoms with Gasteiger partial charge in [-0.2, -0.15) is 0 Å². The number of rotatable bonds is 7. The third-order valence-corrected chi connectivity index (χ3v) is 5.95. The molecule has 0 aliphatic heterocycles. The van der Waals surface area contributed by atoms with E-state index in [0.29, 0.717) is 11.7 Å². The second-order valence-electron chi connectivity index (χ2n) is 7.52. The van der Waals surface area contributed by atoms with E-state index in [1.165, 1.54) is 6.92 Å². The SMILES string of the molecule is CC(=O)Nc1cccc(-n2c(SCc3cc(-c4ccccc4)on3)nnc2C2CC2)c1. The average molecular weight is 432 g/mol. The zero-order valence-corrected chi connectivity index (χ0v) is 17.8. The number of hydrogen-bond donors (Lipinski definition) is 1. The molecular weight excluding hydrogens is 410 g/mol. The lowest BCUT2D eigenvalue weighted by molar-refractivity contribution is -0.114. The second-order valence-corrected chi connectivity index (χ2v) is 8.46. The Bertz CT molecular complexity index is 1210. The van der Waals surface area contributed by atoms with Crippen LogP contribution in [0.15, 0.2) is 70.3 Å². The molecule has 0 saturated heterocycles. The summed E-state index contributed by atoms with van der Waals surface area (Å²) in [6.45, 7) is 1.50. The van der Waals surface area contributed by atoms with Gasteiger partial charge in [-0.05, 0) is 31.0 Å². The predicted molar refractivity (Wildman–Crippen MR) is 119 cm³/mol. The maximum atomic E-state index is 11.5. The summed E-state index contributed by atoms with van der Waals surface area (Å²) in [5, 5.41) is 16.8. The summed E-state index contributed by atoms with van der Waals surface area (Å²) in [7, 11) is 0. The van der Waals surface area contributed by atoms with Gasteiger partial charge in [-0.25, -0.2) is 0 Å². The van der Waals surface area contributed by atoms with Crippen LogP contribution in [0, 0.1) is 0 Å². The molecule has 2 aromatic heterocycles. The van der Waals surface area contributed by atoms with Gasteiger partial charge in [-0.15, -0.1) is 10.2 Å². The molecule has 0 radical (unpaired) electrons. The summed E-state index contributed by atoms with van der Waals surface area (Å²) < 4.78 is 7.60. The molecule has 4 aromatic rings. The van der Waals surface area contributed by atoms with E-state index in [0.717, 1.165) is 52.2 Å². The van der Waals surface area contributed by atoms with Crippen LogP contribution >= 0.6 is 11.8 Å². The van der Waals surface area contributed by atoms with Crippen LogP contribution in [-0.4, -0.2) is 25.8 Å². The van der Waals surface area contributed by atoms with Crippen LogP contribution in [0.1, 0.15) is 37.2 Å². The number of anilines is 1. The lowest BCUT2D eigenvalue weighted by Gasteiger charge is -2.11. The summed E-state index contributed by atoms with van der Waals surface area (Å²) in [5.41, 5.74) is 3.53. The highest BCUT2D eigenvalue weighted by Crippen LogP contribution is 2.41.